The van der Waals surface area contributed by atoms with Crippen molar-refractivity contribution in [1.82, 2.24) is 10.1 Å². The maximum atomic E-state index is 11.7. The minimum absolute atomic E-state index is 0.0712. The molecule has 0 radical (unpaired) electrons. The number of rotatable bonds is 4. The monoisotopic (exact) mass is 378 g/mol. The van der Waals surface area contributed by atoms with E-state index in [1.54, 1.807) is 6.07 Å². The number of benzene rings is 2. The summed E-state index contributed by atoms with van der Waals surface area (Å²) in [5.74, 6) is 0.754. The summed E-state index contributed by atoms with van der Waals surface area (Å²) in [6.45, 7) is 4.92. The van der Waals surface area contributed by atoms with Gasteiger partial charge in [-0.3, -0.25) is 10.1 Å². The molecule has 7 heteroatoms. The second-order valence-electron chi connectivity index (χ2n) is 7.24. The van der Waals surface area contributed by atoms with Gasteiger partial charge in [-0.05, 0) is 50.8 Å². The summed E-state index contributed by atoms with van der Waals surface area (Å²) in [4.78, 5) is 18.0. The molecular formula is C21H22N4O3. The number of nitrogens with zero attached hydrogens (tertiary/aromatic N) is 4. The van der Waals surface area contributed by atoms with Crippen LogP contribution in [-0.2, 0) is 0 Å². The molecule has 0 bridgehead atoms. The van der Waals surface area contributed by atoms with Crippen molar-refractivity contribution in [2.45, 2.75) is 39.2 Å². The van der Waals surface area contributed by atoms with Crippen LogP contribution in [0.3, 0.4) is 0 Å². The normalized spacial score (nSPS) is 16.9. The van der Waals surface area contributed by atoms with E-state index >= 15 is 0 Å². The summed E-state index contributed by atoms with van der Waals surface area (Å²) in [5, 5.41) is 15.8. The zero-order valence-corrected chi connectivity index (χ0v) is 16.0. The Bertz CT molecular complexity index is 1010. The predicted octanol–water partition coefficient (Wildman–Crippen LogP) is 5.00. The maximum absolute atomic E-state index is 11.7. The van der Waals surface area contributed by atoms with E-state index in [0.29, 0.717) is 17.1 Å². The molecule has 1 unspecified atom stereocenters. The first-order valence-electron chi connectivity index (χ1n) is 9.50. The fourth-order valence-corrected chi connectivity index (χ4v) is 3.78. The third kappa shape index (κ3) is 3.35. The van der Waals surface area contributed by atoms with Crippen molar-refractivity contribution in [3.63, 3.8) is 0 Å². The number of aromatic nitrogens is 2. The second-order valence-corrected chi connectivity index (χ2v) is 7.24. The molecule has 1 atom stereocenters. The van der Waals surface area contributed by atoms with Crippen LogP contribution in [0.5, 0.6) is 0 Å². The fourth-order valence-electron chi connectivity index (χ4n) is 3.78. The SMILES string of the molecule is Cc1ccccc1-c1noc(-c2ccc(N3CCCCC3C)c([N+](=O)[O-])c2)n1. The Labute approximate surface area is 163 Å². The van der Waals surface area contributed by atoms with Gasteiger partial charge in [0, 0.05) is 29.8 Å². The van der Waals surface area contributed by atoms with E-state index in [1.807, 2.05) is 37.3 Å². The van der Waals surface area contributed by atoms with Crippen LogP contribution in [0.2, 0.25) is 0 Å². The number of aryl methyl sites for hydroxylation is 1. The molecule has 28 heavy (non-hydrogen) atoms. The van der Waals surface area contributed by atoms with Gasteiger partial charge < -0.3 is 9.42 Å². The van der Waals surface area contributed by atoms with Gasteiger partial charge in [0.05, 0.1) is 4.92 Å². The standard InChI is InChI=1S/C21H22N4O3/c1-14-7-3-4-9-17(14)20-22-21(28-23-20)16-10-11-18(19(13-16)25(26)27)24-12-6-5-8-15(24)2/h3-4,7,9-11,13,15H,5-6,8,12H2,1-2H3. The highest BCUT2D eigenvalue weighted by Gasteiger charge is 2.27. The number of hydrogen-bond acceptors (Lipinski definition) is 6. The average Bonchev–Trinajstić information content (AvgIpc) is 3.18. The molecule has 1 fully saturated rings. The van der Waals surface area contributed by atoms with Crippen LogP contribution < -0.4 is 4.90 Å². The van der Waals surface area contributed by atoms with Crippen molar-refractivity contribution in [1.29, 1.82) is 0 Å². The molecule has 2 aromatic carbocycles. The van der Waals surface area contributed by atoms with E-state index in [0.717, 1.165) is 36.9 Å². The van der Waals surface area contributed by atoms with Crippen molar-refractivity contribution in [2.75, 3.05) is 11.4 Å². The fraction of sp³-hybridized carbons (Fsp3) is 0.333. The first-order chi connectivity index (χ1) is 13.5. The Kier molecular flexibility index (Phi) is 4.81. The molecule has 144 valence electrons. The molecule has 0 saturated carbocycles. The Hall–Kier alpha value is -3.22. The smallest absolute Gasteiger partial charge is 0.293 e. The summed E-state index contributed by atoms with van der Waals surface area (Å²) in [6, 6.07) is 13.2. The van der Waals surface area contributed by atoms with E-state index in [-0.39, 0.29) is 22.5 Å². The molecule has 0 amide bonds. The van der Waals surface area contributed by atoms with Gasteiger partial charge in [-0.15, -0.1) is 0 Å². The van der Waals surface area contributed by atoms with E-state index in [9.17, 15) is 10.1 Å². The lowest BCUT2D eigenvalue weighted by molar-refractivity contribution is -0.384. The van der Waals surface area contributed by atoms with Crippen molar-refractivity contribution < 1.29 is 9.45 Å². The van der Waals surface area contributed by atoms with Gasteiger partial charge in [0.15, 0.2) is 0 Å². The van der Waals surface area contributed by atoms with Crippen LogP contribution in [0.4, 0.5) is 11.4 Å². The van der Waals surface area contributed by atoms with Gasteiger partial charge in [-0.1, -0.05) is 29.4 Å². The van der Waals surface area contributed by atoms with Crippen molar-refractivity contribution in [3.05, 3.63) is 58.1 Å². The zero-order chi connectivity index (χ0) is 19.7. The molecular weight excluding hydrogens is 356 g/mol. The van der Waals surface area contributed by atoms with Gasteiger partial charge >= 0.3 is 0 Å². The summed E-state index contributed by atoms with van der Waals surface area (Å²) >= 11 is 0. The molecule has 2 heterocycles. The first kappa shape index (κ1) is 18.2. The lowest BCUT2D eigenvalue weighted by Gasteiger charge is -2.35. The van der Waals surface area contributed by atoms with Crippen LogP contribution in [0.15, 0.2) is 47.0 Å². The Balaban J connectivity index is 1.71. The van der Waals surface area contributed by atoms with Gasteiger partial charge in [0.2, 0.25) is 5.82 Å². The molecule has 1 aliphatic rings. The third-order valence-electron chi connectivity index (χ3n) is 5.34. The highest BCUT2D eigenvalue weighted by molar-refractivity contribution is 5.72. The molecule has 7 nitrogen and oxygen atoms in total. The number of piperidine rings is 1. The quantitative estimate of drug-likeness (QED) is 0.469. The molecule has 0 N–H and O–H groups in total. The molecule has 3 aromatic rings. The minimum atomic E-state index is -0.335. The molecule has 4 rings (SSSR count). The number of hydrogen-bond donors (Lipinski definition) is 0. The summed E-state index contributed by atoms with van der Waals surface area (Å²) in [5.41, 5.74) is 3.19. The number of nitro groups is 1. The maximum Gasteiger partial charge on any atom is 0.293 e. The summed E-state index contributed by atoms with van der Waals surface area (Å²) in [6.07, 6.45) is 3.25. The molecule has 0 aliphatic carbocycles. The van der Waals surface area contributed by atoms with Crippen LogP contribution in [0, 0.1) is 17.0 Å². The van der Waals surface area contributed by atoms with Gasteiger partial charge in [-0.2, -0.15) is 4.98 Å². The number of nitro benzene ring substituents is 1. The molecule has 1 aliphatic heterocycles. The molecule has 0 spiro atoms. The van der Waals surface area contributed by atoms with Crippen molar-refractivity contribution in [3.8, 4) is 22.8 Å². The first-order valence-corrected chi connectivity index (χ1v) is 9.50. The van der Waals surface area contributed by atoms with Crippen molar-refractivity contribution in [2.24, 2.45) is 0 Å². The highest BCUT2D eigenvalue weighted by Crippen LogP contribution is 2.36. The minimum Gasteiger partial charge on any atom is -0.363 e. The van der Waals surface area contributed by atoms with E-state index < -0.39 is 0 Å². The topological polar surface area (TPSA) is 85.3 Å². The van der Waals surface area contributed by atoms with E-state index in [4.69, 9.17) is 4.52 Å². The highest BCUT2D eigenvalue weighted by atomic mass is 16.6. The van der Waals surface area contributed by atoms with Crippen LogP contribution in [0.25, 0.3) is 22.8 Å². The summed E-state index contributed by atoms with van der Waals surface area (Å²) in [7, 11) is 0. The Morgan fingerprint density at radius 1 is 1.21 bits per heavy atom. The van der Waals surface area contributed by atoms with E-state index in [1.165, 1.54) is 6.07 Å². The van der Waals surface area contributed by atoms with E-state index in [2.05, 4.69) is 22.0 Å². The zero-order valence-electron chi connectivity index (χ0n) is 16.0. The third-order valence-corrected chi connectivity index (χ3v) is 5.34. The predicted molar refractivity (Wildman–Crippen MR) is 107 cm³/mol. The molecule has 1 saturated heterocycles. The van der Waals surface area contributed by atoms with Crippen LogP contribution in [-0.4, -0.2) is 27.7 Å². The average molecular weight is 378 g/mol. The van der Waals surface area contributed by atoms with Gasteiger partial charge in [-0.25, -0.2) is 0 Å². The van der Waals surface area contributed by atoms with Crippen LogP contribution in [0.1, 0.15) is 31.7 Å². The number of anilines is 1. The lowest BCUT2D eigenvalue weighted by atomic mass is 10.0. The largest absolute Gasteiger partial charge is 0.363 e. The second kappa shape index (κ2) is 7.42. The Morgan fingerprint density at radius 3 is 2.79 bits per heavy atom. The lowest BCUT2D eigenvalue weighted by Crippen LogP contribution is -2.37. The van der Waals surface area contributed by atoms with Gasteiger partial charge in [0.25, 0.3) is 11.6 Å². The Morgan fingerprint density at radius 2 is 2.04 bits per heavy atom. The molecule has 1 aromatic heterocycles. The van der Waals surface area contributed by atoms with Crippen LogP contribution >= 0.6 is 0 Å². The van der Waals surface area contributed by atoms with Gasteiger partial charge in [0.1, 0.15) is 5.69 Å². The van der Waals surface area contributed by atoms with Crippen molar-refractivity contribution >= 4 is 11.4 Å². The summed E-state index contributed by atoms with van der Waals surface area (Å²) < 4.78 is 5.40.